The number of aliphatic hydroxyl groups excluding tert-OH is 1. The maximum atomic E-state index is 9.24. The Balaban J connectivity index is 2.20. The highest BCUT2D eigenvalue weighted by molar-refractivity contribution is 5.50. The third kappa shape index (κ3) is 2.04. The molecule has 1 saturated heterocycles. The van der Waals surface area contributed by atoms with Crippen LogP contribution in [-0.2, 0) is 0 Å². The molecule has 0 saturated carbocycles. The quantitative estimate of drug-likeness (QED) is 0.806. The van der Waals surface area contributed by atoms with Gasteiger partial charge in [-0.3, -0.25) is 0 Å². The molecule has 2 heterocycles. The number of anilines is 1. The van der Waals surface area contributed by atoms with E-state index in [0.717, 1.165) is 25.1 Å². The van der Waals surface area contributed by atoms with Gasteiger partial charge in [0.05, 0.1) is 19.8 Å². The molecule has 0 aromatic carbocycles. The summed E-state index contributed by atoms with van der Waals surface area (Å²) in [7, 11) is 1.61. The highest BCUT2D eigenvalue weighted by Gasteiger charge is 2.24. The monoisotopic (exact) mass is 208 g/mol. The van der Waals surface area contributed by atoms with Crippen LogP contribution in [0.3, 0.4) is 0 Å². The fourth-order valence-electron chi connectivity index (χ4n) is 2.05. The van der Waals surface area contributed by atoms with Crippen molar-refractivity contribution in [3.05, 3.63) is 18.3 Å². The number of hydrogen-bond acceptors (Lipinski definition) is 4. The van der Waals surface area contributed by atoms with Crippen molar-refractivity contribution < 1.29 is 9.84 Å². The van der Waals surface area contributed by atoms with Crippen molar-refractivity contribution in [2.45, 2.75) is 18.9 Å². The number of aliphatic hydroxyl groups is 1. The lowest BCUT2D eigenvalue weighted by molar-refractivity contribution is 0.266. The van der Waals surface area contributed by atoms with E-state index in [9.17, 15) is 5.11 Å². The van der Waals surface area contributed by atoms with E-state index in [1.54, 1.807) is 13.3 Å². The molecule has 0 aliphatic carbocycles. The average Bonchev–Trinajstić information content (AvgIpc) is 2.77. The van der Waals surface area contributed by atoms with E-state index < -0.39 is 0 Å². The zero-order valence-electron chi connectivity index (χ0n) is 8.89. The van der Waals surface area contributed by atoms with Crippen molar-refractivity contribution >= 4 is 5.69 Å². The molecular weight excluding hydrogens is 192 g/mol. The van der Waals surface area contributed by atoms with Gasteiger partial charge in [0.2, 0.25) is 5.88 Å². The van der Waals surface area contributed by atoms with E-state index in [1.165, 1.54) is 0 Å². The van der Waals surface area contributed by atoms with Crippen LogP contribution in [0.25, 0.3) is 0 Å². The van der Waals surface area contributed by atoms with Gasteiger partial charge in [-0.1, -0.05) is 0 Å². The summed E-state index contributed by atoms with van der Waals surface area (Å²) in [4.78, 5) is 6.28. The van der Waals surface area contributed by atoms with Crippen molar-refractivity contribution in [3.63, 3.8) is 0 Å². The number of pyridine rings is 1. The van der Waals surface area contributed by atoms with E-state index in [0.29, 0.717) is 5.88 Å². The second-order valence-electron chi connectivity index (χ2n) is 3.73. The highest BCUT2D eigenvalue weighted by atomic mass is 16.5. The molecular formula is C11H16N2O2. The highest BCUT2D eigenvalue weighted by Crippen LogP contribution is 2.26. The van der Waals surface area contributed by atoms with Crippen LogP contribution < -0.4 is 9.64 Å². The van der Waals surface area contributed by atoms with Crippen LogP contribution in [-0.4, -0.2) is 36.4 Å². The molecule has 0 amide bonds. The summed E-state index contributed by atoms with van der Waals surface area (Å²) in [6.07, 6.45) is 3.93. The van der Waals surface area contributed by atoms with Gasteiger partial charge in [0.15, 0.2) is 0 Å². The predicted molar refractivity (Wildman–Crippen MR) is 58.2 cm³/mol. The first kappa shape index (κ1) is 10.2. The second-order valence-corrected chi connectivity index (χ2v) is 3.73. The van der Waals surface area contributed by atoms with E-state index in [-0.39, 0.29) is 12.6 Å². The topological polar surface area (TPSA) is 45.6 Å². The molecule has 1 aromatic heterocycles. The van der Waals surface area contributed by atoms with Crippen molar-refractivity contribution in [2.75, 3.05) is 25.2 Å². The molecule has 15 heavy (non-hydrogen) atoms. The largest absolute Gasteiger partial charge is 0.481 e. The SMILES string of the molecule is COc1cc(N2CCCC2CO)ccn1. The number of aromatic nitrogens is 1. The smallest absolute Gasteiger partial charge is 0.214 e. The fraction of sp³-hybridized carbons (Fsp3) is 0.545. The lowest BCUT2D eigenvalue weighted by Gasteiger charge is -2.25. The summed E-state index contributed by atoms with van der Waals surface area (Å²) in [5.41, 5.74) is 1.08. The summed E-state index contributed by atoms with van der Waals surface area (Å²) in [6, 6.07) is 4.11. The average molecular weight is 208 g/mol. The minimum absolute atomic E-state index is 0.213. The molecule has 1 aromatic rings. The lowest BCUT2D eigenvalue weighted by Crippen LogP contribution is -2.31. The van der Waals surface area contributed by atoms with Crippen molar-refractivity contribution in [1.82, 2.24) is 4.98 Å². The summed E-state index contributed by atoms with van der Waals surface area (Å²) >= 11 is 0. The molecule has 1 unspecified atom stereocenters. The van der Waals surface area contributed by atoms with Crippen molar-refractivity contribution in [3.8, 4) is 5.88 Å². The molecule has 1 aliphatic heterocycles. The Labute approximate surface area is 89.5 Å². The van der Waals surface area contributed by atoms with Crippen LogP contribution in [0.5, 0.6) is 5.88 Å². The summed E-state index contributed by atoms with van der Waals surface area (Å²) in [5.74, 6) is 0.621. The normalized spacial score (nSPS) is 20.7. The summed E-state index contributed by atoms with van der Waals surface area (Å²) in [5, 5.41) is 9.24. The van der Waals surface area contributed by atoms with Gasteiger partial charge in [-0.15, -0.1) is 0 Å². The van der Waals surface area contributed by atoms with Gasteiger partial charge in [0.1, 0.15) is 0 Å². The standard InChI is InChI=1S/C11H16N2O2/c1-15-11-7-9(4-5-12-11)13-6-2-3-10(13)8-14/h4-5,7,10,14H,2-3,6,8H2,1H3. The number of hydrogen-bond donors (Lipinski definition) is 1. The van der Waals surface area contributed by atoms with E-state index >= 15 is 0 Å². The second kappa shape index (κ2) is 4.49. The molecule has 4 heteroatoms. The third-order valence-electron chi connectivity index (χ3n) is 2.85. The fourth-order valence-corrected chi connectivity index (χ4v) is 2.05. The van der Waals surface area contributed by atoms with Crippen LogP contribution in [0, 0.1) is 0 Å². The first-order valence-corrected chi connectivity index (χ1v) is 5.22. The van der Waals surface area contributed by atoms with Crippen LogP contribution in [0.2, 0.25) is 0 Å². The maximum absolute atomic E-state index is 9.24. The summed E-state index contributed by atoms with van der Waals surface area (Å²) < 4.78 is 5.08. The maximum Gasteiger partial charge on any atom is 0.214 e. The van der Waals surface area contributed by atoms with Crippen molar-refractivity contribution in [1.29, 1.82) is 0 Å². The number of methoxy groups -OCH3 is 1. The summed E-state index contributed by atoms with van der Waals surface area (Å²) in [6.45, 7) is 1.21. The number of nitrogens with zero attached hydrogens (tertiary/aromatic N) is 2. The lowest BCUT2D eigenvalue weighted by atomic mass is 10.2. The van der Waals surface area contributed by atoms with Gasteiger partial charge >= 0.3 is 0 Å². The first-order chi connectivity index (χ1) is 7.35. The molecule has 1 atom stereocenters. The van der Waals surface area contributed by atoms with E-state index in [1.807, 2.05) is 12.1 Å². The Bertz CT molecular complexity index is 330. The van der Waals surface area contributed by atoms with Gasteiger partial charge < -0.3 is 14.7 Å². The zero-order valence-corrected chi connectivity index (χ0v) is 8.89. The van der Waals surface area contributed by atoms with Gasteiger partial charge in [-0.25, -0.2) is 4.98 Å². The molecule has 2 rings (SSSR count). The molecule has 82 valence electrons. The number of rotatable bonds is 3. The minimum Gasteiger partial charge on any atom is -0.481 e. The Morgan fingerprint density at radius 2 is 2.53 bits per heavy atom. The van der Waals surface area contributed by atoms with Gasteiger partial charge in [-0.05, 0) is 18.9 Å². The van der Waals surface area contributed by atoms with Gasteiger partial charge in [0, 0.05) is 24.5 Å². The Kier molecular flexibility index (Phi) is 3.06. The Morgan fingerprint density at radius 3 is 3.27 bits per heavy atom. The molecule has 1 aliphatic rings. The Hall–Kier alpha value is -1.29. The predicted octanol–water partition coefficient (Wildman–Crippen LogP) is 1.05. The molecule has 0 bridgehead atoms. The molecule has 0 radical (unpaired) electrons. The van der Waals surface area contributed by atoms with Crippen molar-refractivity contribution in [2.24, 2.45) is 0 Å². The minimum atomic E-state index is 0.213. The molecule has 1 fully saturated rings. The molecule has 4 nitrogen and oxygen atoms in total. The van der Waals surface area contributed by atoms with Crippen LogP contribution in [0.1, 0.15) is 12.8 Å². The van der Waals surface area contributed by atoms with Crippen LogP contribution in [0.15, 0.2) is 18.3 Å². The first-order valence-electron chi connectivity index (χ1n) is 5.22. The van der Waals surface area contributed by atoms with E-state index in [2.05, 4.69) is 9.88 Å². The van der Waals surface area contributed by atoms with Gasteiger partial charge in [0.25, 0.3) is 0 Å². The molecule has 1 N–H and O–H groups in total. The van der Waals surface area contributed by atoms with E-state index in [4.69, 9.17) is 4.74 Å². The Morgan fingerprint density at radius 1 is 1.67 bits per heavy atom. The van der Waals surface area contributed by atoms with Gasteiger partial charge in [-0.2, -0.15) is 0 Å². The molecule has 0 spiro atoms. The van der Waals surface area contributed by atoms with Crippen LogP contribution in [0.4, 0.5) is 5.69 Å². The van der Waals surface area contributed by atoms with Crippen LogP contribution >= 0.6 is 0 Å². The number of ether oxygens (including phenoxy) is 1. The third-order valence-corrected chi connectivity index (χ3v) is 2.85. The zero-order chi connectivity index (χ0) is 10.7.